The third-order valence-electron chi connectivity index (χ3n) is 5.35. The molecule has 2 atom stereocenters. The Bertz CT molecular complexity index is 482. The van der Waals surface area contributed by atoms with Gasteiger partial charge in [0.15, 0.2) is 0 Å². The van der Waals surface area contributed by atoms with E-state index >= 15 is 0 Å². The van der Waals surface area contributed by atoms with Crippen molar-refractivity contribution in [3.05, 3.63) is 35.6 Å². The summed E-state index contributed by atoms with van der Waals surface area (Å²) in [7, 11) is 0. The lowest BCUT2D eigenvalue weighted by molar-refractivity contribution is 0.0474. The van der Waals surface area contributed by atoms with Gasteiger partial charge in [-0.3, -0.25) is 0 Å². The number of benzene rings is 1. The predicted molar refractivity (Wildman–Crippen MR) is 93.4 cm³/mol. The molecule has 2 aliphatic heterocycles. The van der Waals surface area contributed by atoms with E-state index in [4.69, 9.17) is 0 Å². The van der Waals surface area contributed by atoms with Gasteiger partial charge in [0.25, 0.3) is 0 Å². The summed E-state index contributed by atoms with van der Waals surface area (Å²) >= 11 is 0. The SMILES string of the molecule is CC1(CN2CCC(C(O)c3ccc(F)cc3)CC2)CCNC1.Cl. The quantitative estimate of drug-likeness (QED) is 0.883. The summed E-state index contributed by atoms with van der Waals surface area (Å²) in [5.74, 6) is 0.0420. The molecule has 2 aliphatic rings. The standard InChI is InChI=1S/C18H27FN2O.ClH/c1-18(8-9-20-12-18)13-21-10-6-15(7-11-21)17(22)14-2-4-16(19)5-3-14;/h2-5,15,17,20,22H,6-13H2,1H3;1H. The highest BCUT2D eigenvalue weighted by atomic mass is 35.5. The summed E-state index contributed by atoms with van der Waals surface area (Å²) in [5.41, 5.74) is 1.24. The molecular formula is C18H28ClFN2O. The number of hydrogen-bond donors (Lipinski definition) is 2. The Morgan fingerprint density at radius 3 is 2.52 bits per heavy atom. The maximum absolute atomic E-state index is 13.0. The first kappa shape index (κ1) is 18.7. The van der Waals surface area contributed by atoms with Crippen molar-refractivity contribution in [1.29, 1.82) is 0 Å². The van der Waals surface area contributed by atoms with Crippen LogP contribution in [0, 0.1) is 17.2 Å². The molecule has 2 saturated heterocycles. The molecule has 5 heteroatoms. The molecule has 23 heavy (non-hydrogen) atoms. The molecule has 2 heterocycles. The van der Waals surface area contributed by atoms with Crippen molar-refractivity contribution in [1.82, 2.24) is 10.2 Å². The van der Waals surface area contributed by atoms with Gasteiger partial charge in [-0.15, -0.1) is 12.4 Å². The van der Waals surface area contributed by atoms with Gasteiger partial charge in [-0.05, 0) is 67.9 Å². The molecule has 1 aromatic carbocycles. The number of halogens is 2. The fraction of sp³-hybridized carbons (Fsp3) is 0.667. The molecule has 0 aliphatic carbocycles. The zero-order valence-electron chi connectivity index (χ0n) is 13.8. The first-order valence-corrected chi connectivity index (χ1v) is 8.42. The Morgan fingerprint density at radius 2 is 1.96 bits per heavy atom. The molecule has 0 amide bonds. The van der Waals surface area contributed by atoms with Gasteiger partial charge in [-0.1, -0.05) is 19.1 Å². The predicted octanol–water partition coefficient (Wildman–Crippen LogP) is 2.99. The lowest BCUT2D eigenvalue weighted by Crippen LogP contribution is -2.42. The maximum atomic E-state index is 13.0. The van der Waals surface area contributed by atoms with Crippen LogP contribution in [0.5, 0.6) is 0 Å². The third-order valence-corrected chi connectivity index (χ3v) is 5.35. The second-order valence-electron chi connectivity index (χ2n) is 7.35. The van der Waals surface area contributed by atoms with Crippen LogP contribution in [-0.2, 0) is 0 Å². The minimum atomic E-state index is -0.466. The van der Waals surface area contributed by atoms with Crippen molar-refractivity contribution in [2.24, 2.45) is 11.3 Å². The van der Waals surface area contributed by atoms with E-state index in [0.29, 0.717) is 5.41 Å². The number of aliphatic hydroxyl groups is 1. The number of piperidine rings is 1. The molecule has 2 unspecified atom stereocenters. The van der Waals surface area contributed by atoms with Gasteiger partial charge in [-0.25, -0.2) is 4.39 Å². The number of likely N-dealkylation sites (tertiary alicyclic amines) is 1. The van der Waals surface area contributed by atoms with E-state index in [1.54, 1.807) is 12.1 Å². The Morgan fingerprint density at radius 1 is 1.30 bits per heavy atom. The zero-order valence-corrected chi connectivity index (χ0v) is 14.6. The number of aliphatic hydroxyl groups excluding tert-OH is 1. The van der Waals surface area contributed by atoms with E-state index in [0.717, 1.165) is 51.1 Å². The van der Waals surface area contributed by atoms with E-state index in [2.05, 4.69) is 17.1 Å². The monoisotopic (exact) mass is 342 g/mol. The molecule has 1 aromatic rings. The van der Waals surface area contributed by atoms with Crippen molar-refractivity contribution >= 4 is 12.4 Å². The number of hydrogen-bond acceptors (Lipinski definition) is 3. The van der Waals surface area contributed by atoms with E-state index in [-0.39, 0.29) is 24.1 Å². The van der Waals surface area contributed by atoms with Gasteiger partial charge in [0.05, 0.1) is 6.10 Å². The van der Waals surface area contributed by atoms with Crippen LogP contribution in [-0.4, -0.2) is 42.7 Å². The van der Waals surface area contributed by atoms with E-state index < -0.39 is 6.10 Å². The average Bonchev–Trinajstić information content (AvgIpc) is 2.94. The number of rotatable bonds is 4. The van der Waals surface area contributed by atoms with E-state index in [1.165, 1.54) is 18.6 Å². The van der Waals surface area contributed by atoms with Crippen LogP contribution < -0.4 is 5.32 Å². The van der Waals surface area contributed by atoms with Crippen molar-refractivity contribution in [2.75, 3.05) is 32.7 Å². The molecule has 0 saturated carbocycles. The van der Waals surface area contributed by atoms with Crippen LogP contribution in [0.3, 0.4) is 0 Å². The molecule has 0 aromatic heterocycles. The summed E-state index contributed by atoms with van der Waals surface area (Å²) in [6, 6.07) is 6.28. The van der Waals surface area contributed by atoms with E-state index in [9.17, 15) is 9.50 Å². The Kier molecular flexibility index (Phi) is 6.43. The largest absolute Gasteiger partial charge is 0.388 e. The zero-order chi connectivity index (χ0) is 15.6. The van der Waals surface area contributed by atoms with Crippen LogP contribution in [0.1, 0.15) is 37.9 Å². The van der Waals surface area contributed by atoms with Crippen LogP contribution in [0.2, 0.25) is 0 Å². The molecule has 2 N–H and O–H groups in total. The van der Waals surface area contributed by atoms with Gasteiger partial charge in [0, 0.05) is 13.1 Å². The minimum absolute atomic E-state index is 0. The summed E-state index contributed by atoms with van der Waals surface area (Å²) in [6.45, 7) is 7.88. The van der Waals surface area contributed by atoms with Crippen molar-refractivity contribution in [3.63, 3.8) is 0 Å². The number of nitrogens with one attached hydrogen (secondary N) is 1. The second-order valence-corrected chi connectivity index (χ2v) is 7.35. The van der Waals surface area contributed by atoms with Crippen LogP contribution in [0.4, 0.5) is 4.39 Å². The summed E-state index contributed by atoms with van der Waals surface area (Å²) in [5, 5.41) is 14.0. The molecular weight excluding hydrogens is 315 g/mol. The van der Waals surface area contributed by atoms with E-state index in [1.807, 2.05) is 0 Å². The molecule has 0 radical (unpaired) electrons. The van der Waals surface area contributed by atoms with Gasteiger partial charge in [-0.2, -0.15) is 0 Å². The van der Waals surface area contributed by atoms with Crippen LogP contribution >= 0.6 is 12.4 Å². The first-order chi connectivity index (χ1) is 10.6. The molecule has 3 rings (SSSR count). The average molecular weight is 343 g/mol. The van der Waals surface area contributed by atoms with Gasteiger partial charge in [0.2, 0.25) is 0 Å². The molecule has 0 bridgehead atoms. The van der Waals surface area contributed by atoms with Gasteiger partial charge < -0.3 is 15.3 Å². The molecule has 130 valence electrons. The Balaban J connectivity index is 0.00000192. The molecule has 3 nitrogen and oxygen atoms in total. The molecule has 0 spiro atoms. The van der Waals surface area contributed by atoms with Crippen molar-refractivity contribution < 1.29 is 9.50 Å². The smallest absolute Gasteiger partial charge is 0.123 e. The highest BCUT2D eigenvalue weighted by Crippen LogP contribution is 2.33. The van der Waals surface area contributed by atoms with Crippen LogP contribution in [0.25, 0.3) is 0 Å². The maximum Gasteiger partial charge on any atom is 0.123 e. The first-order valence-electron chi connectivity index (χ1n) is 8.42. The number of nitrogens with zero attached hydrogens (tertiary/aromatic N) is 1. The normalized spacial score (nSPS) is 27.6. The lowest BCUT2D eigenvalue weighted by atomic mass is 9.85. The Hall–Kier alpha value is -0.680. The van der Waals surface area contributed by atoms with Gasteiger partial charge in [0.1, 0.15) is 5.82 Å². The van der Waals surface area contributed by atoms with Crippen molar-refractivity contribution in [3.8, 4) is 0 Å². The summed E-state index contributed by atoms with van der Waals surface area (Å²) < 4.78 is 13.0. The fourth-order valence-corrected chi connectivity index (χ4v) is 3.90. The van der Waals surface area contributed by atoms with Gasteiger partial charge >= 0.3 is 0 Å². The van der Waals surface area contributed by atoms with Crippen LogP contribution in [0.15, 0.2) is 24.3 Å². The second kappa shape index (κ2) is 7.93. The highest BCUT2D eigenvalue weighted by Gasteiger charge is 2.33. The Labute approximate surface area is 144 Å². The highest BCUT2D eigenvalue weighted by molar-refractivity contribution is 5.85. The summed E-state index contributed by atoms with van der Waals surface area (Å²) in [6.07, 6.45) is 2.82. The summed E-state index contributed by atoms with van der Waals surface area (Å²) in [4.78, 5) is 2.54. The lowest BCUT2D eigenvalue weighted by Gasteiger charge is -2.38. The topological polar surface area (TPSA) is 35.5 Å². The fourth-order valence-electron chi connectivity index (χ4n) is 3.90. The minimum Gasteiger partial charge on any atom is -0.388 e. The molecule has 2 fully saturated rings. The van der Waals surface area contributed by atoms with Crippen molar-refractivity contribution in [2.45, 2.75) is 32.3 Å². The third kappa shape index (κ3) is 4.66.